The molecule has 2 N–H and O–H groups in total. The predicted molar refractivity (Wildman–Crippen MR) is 83.6 cm³/mol. The lowest BCUT2D eigenvalue weighted by atomic mass is 10.0. The summed E-state index contributed by atoms with van der Waals surface area (Å²) in [5.74, 6) is -2.33. The Labute approximate surface area is 138 Å². The lowest BCUT2D eigenvalue weighted by Gasteiger charge is -2.25. The number of nitrogens with zero attached hydrogens (tertiary/aromatic N) is 2. The molecule has 1 atom stereocenters. The monoisotopic (exact) mass is 335 g/mol. The number of carboxylic acid groups (broad SMARTS) is 1. The van der Waals surface area contributed by atoms with E-state index in [0.29, 0.717) is 5.69 Å². The van der Waals surface area contributed by atoms with E-state index in [2.05, 4.69) is 10.4 Å². The van der Waals surface area contributed by atoms with Crippen LogP contribution in [0.15, 0.2) is 30.5 Å². The van der Waals surface area contributed by atoms with Crippen molar-refractivity contribution < 1.29 is 23.8 Å². The second-order valence-corrected chi connectivity index (χ2v) is 5.53. The summed E-state index contributed by atoms with van der Waals surface area (Å²) in [6.07, 6.45) is 1.27. The first-order valence-electron chi connectivity index (χ1n) is 7.14. The van der Waals surface area contributed by atoms with Gasteiger partial charge in [0.2, 0.25) is 0 Å². The molecule has 1 amide bonds. The highest BCUT2D eigenvalue weighted by Gasteiger charge is 2.36. The summed E-state index contributed by atoms with van der Waals surface area (Å²) in [6, 6.07) is 6.02. The number of carbonyl (C=O) groups excluding carboxylic acids is 1. The second kappa shape index (κ2) is 6.79. The van der Waals surface area contributed by atoms with Crippen molar-refractivity contribution in [3.8, 4) is 5.69 Å². The molecule has 0 fully saturated rings. The number of carbonyl (C=O) groups is 2. The van der Waals surface area contributed by atoms with Crippen molar-refractivity contribution in [1.82, 2.24) is 15.1 Å². The first kappa shape index (κ1) is 17.6. The number of hydrogen-bond donors (Lipinski definition) is 2. The fourth-order valence-corrected chi connectivity index (χ4v) is 2.26. The lowest BCUT2D eigenvalue weighted by Crippen LogP contribution is -2.55. The number of methoxy groups -OCH3 is 1. The van der Waals surface area contributed by atoms with Crippen LogP contribution in [0, 0.1) is 12.7 Å². The number of hydrogen-bond acceptors (Lipinski definition) is 4. The fourth-order valence-electron chi connectivity index (χ4n) is 2.26. The summed E-state index contributed by atoms with van der Waals surface area (Å²) in [6.45, 7) is 2.74. The van der Waals surface area contributed by atoms with E-state index >= 15 is 0 Å². The molecule has 2 aromatic rings. The van der Waals surface area contributed by atoms with E-state index < -0.39 is 23.2 Å². The number of para-hydroxylation sites is 1. The number of aromatic nitrogens is 2. The molecule has 0 saturated carbocycles. The summed E-state index contributed by atoms with van der Waals surface area (Å²) < 4.78 is 20.0. The molecule has 0 aliphatic heterocycles. The summed E-state index contributed by atoms with van der Waals surface area (Å²) >= 11 is 0. The lowest BCUT2D eigenvalue weighted by molar-refractivity contribution is -0.145. The van der Waals surface area contributed by atoms with E-state index in [1.807, 2.05) is 0 Å². The van der Waals surface area contributed by atoms with Crippen molar-refractivity contribution in [2.45, 2.75) is 19.4 Å². The summed E-state index contributed by atoms with van der Waals surface area (Å²) in [5.41, 5.74) is -0.838. The molecule has 0 aliphatic carbocycles. The van der Waals surface area contributed by atoms with E-state index in [1.165, 1.54) is 37.0 Å². The van der Waals surface area contributed by atoms with Gasteiger partial charge in [-0.25, -0.2) is 13.9 Å². The van der Waals surface area contributed by atoms with Gasteiger partial charge in [0.05, 0.1) is 24.1 Å². The molecular weight excluding hydrogens is 317 g/mol. The zero-order valence-corrected chi connectivity index (χ0v) is 13.5. The molecule has 128 valence electrons. The molecule has 0 spiro atoms. The van der Waals surface area contributed by atoms with Crippen LogP contribution in [0.3, 0.4) is 0 Å². The minimum Gasteiger partial charge on any atom is -0.479 e. The SMILES string of the molecule is COCC(C)(NC(=O)c1cnn(-c2ccccc2F)c1C)C(=O)O. The van der Waals surface area contributed by atoms with Gasteiger partial charge in [-0.15, -0.1) is 0 Å². The summed E-state index contributed by atoms with van der Waals surface area (Å²) in [5, 5.41) is 15.7. The van der Waals surface area contributed by atoms with Gasteiger partial charge in [0.1, 0.15) is 11.5 Å². The molecule has 1 unspecified atom stereocenters. The number of benzene rings is 1. The molecule has 0 radical (unpaired) electrons. The Morgan fingerprint density at radius 3 is 2.67 bits per heavy atom. The van der Waals surface area contributed by atoms with E-state index in [9.17, 15) is 19.1 Å². The van der Waals surface area contributed by atoms with Crippen molar-refractivity contribution in [3.05, 3.63) is 47.5 Å². The molecule has 8 heteroatoms. The Balaban J connectivity index is 2.32. The van der Waals surface area contributed by atoms with Crippen LogP contribution < -0.4 is 5.32 Å². The number of rotatable bonds is 6. The Morgan fingerprint density at radius 2 is 2.08 bits per heavy atom. The third-order valence-electron chi connectivity index (χ3n) is 3.63. The van der Waals surface area contributed by atoms with Crippen LogP contribution in [0.5, 0.6) is 0 Å². The van der Waals surface area contributed by atoms with E-state index in [1.54, 1.807) is 19.1 Å². The van der Waals surface area contributed by atoms with Gasteiger partial charge in [-0.1, -0.05) is 12.1 Å². The second-order valence-electron chi connectivity index (χ2n) is 5.53. The van der Waals surface area contributed by atoms with Gasteiger partial charge in [-0.3, -0.25) is 4.79 Å². The van der Waals surface area contributed by atoms with Crippen molar-refractivity contribution in [1.29, 1.82) is 0 Å². The molecule has 2 rings (SSSR count). The molecule has 7 nitrogen and oxygen atoms in total. The van der Waals surface area contributed by atoms with Crippen LogP contribution in [0.4, 0.5) is 4.39 Å². The van der Waals surface area contributed by atoms with Crippen LogP contribution in [-0.2, 0) is 9.53 Å². The van der Waals surface area contributed by atoms with Crippen LogP contribution in [0.1, 0.15) is 23.0 Å². The normalized spacial score (nSPS) is 13.3. The molecule has 1 aromatic heterocycles. The smallest absolute Gasteiger partial charge is 0.331 e. The minimum absolute atomic E-state index is 0.154. The average molecular weight is 335 g/mol. The summed E-state index contributed by atoms with van der Waals surface area (Å²) in [4.78, 5) is 23.8. The molecule has 0 bridgehead atoms. The third-order valence-corrected chi connectivity index (χ3v) is 3.63. The average Bonchev–Trinajstić information content (AvgIpc) is 2.89. The topological polar surface area (TPSA) is 93.5 Å². The van der Waals surface area contributed by atoms with Gasteiger partial charge in [0.15, 0.2) is 5.54 Å². The van der Waals surface area contributed by atoms with E-state index in [0.717, 1.165) is 0 Å². The maximum Gasteiger partial charge on any atom is 0.331 e. The molecular formula is C16H18FN3O4. The van der Waals surface area contributed by atoms with Gasteiger partial charge in [0, 0.05) is 7.11 Å². The maximum atomic E-state index is 13.9. The highest BCUT2D eigenvalue weighted by molar-refractivity contribution is 5.98. The Hall–Kier alpha value is -2.74. The van der Waals surface area contributed by atoms with Crippen LogP contribution in [0.2, 0.25) is 0 Å². The number of aliphatic carboxylic acids is 1. The van der Waals surface area contributed by atoms with Crippen molar-refractivity contribution in [2.24, 2.45) is 0 Å². The summed E-state index contributed by atoms with van der Waals surface area (Å²) in [7, 11) is 1.34. The number of halogens is 1. The fraction of sp³-hybridized carbons (Fsp3) is 0.312. The molecule has 1 heterocycles. The highest BCUT2D eigenvalue weighted by atomic mass is 19.1. The van der Waals surface area contributed by atoms with Gasteiger partial charge in [-0.05, 0) is 26.0 Å². The molecule has 24 heavy (non-hydrogen) atoms. The van der Waals surface area contributed by atoms with Crippen LogP contribution in [-0.4, -0.2) is 46.0 Å². The standard InChI is InChI=1S/C16H18FN3O4/c1-10-11(14(21)19-16(2,9-24-3)15(22)23)8-18-20(10)13-7-5-4-6-12(13)17/h4-8H,9H2,1-3H3,(H,19,21)(H,22,23). The first-order valence-corrected chi connectivity index (χ1v) is 7.14. The van der Waals surface area contributed by atoms with Gasteiger partial charge in [-0.2, -0.15) is 5.10 Å². The van der Waals surface area contributed by atoms with Crippen LogP contribution >= 0.6 is 0 Å². The van der Waals surface area contributed by atoms with Crippen LogP contribution in [0.25, 0.3) is 5.69 Å². The predicted octanol–water partition coefficient (Wildman–Crippen LogP) is 1.54. The number of ether oxygens (including phenoxy) is 1. The Kier molecular flexibility index (Phi) is 4.99. The Morgan fingerprint density at radius 1 is 1.42 bits per heavy atom. The number of carboxylic acids is 1. The number of amides is 1. The highest BCUT2D eigenvalue weighted by Crippen LogP contribution is 2.18. The van der Waals surface area contributed by atoms with Gasteiger partial charge in [0.25, 0.3) is 5.91 Å². The van der Waals surface area contributed by atoms with Crippen molar-refractivity contribution in [2.75, 3.05) is 13.7 Å². The van der Waals surface area contributed by atoms with Crippen molar-refractivity contribution >= 4 is 11.9 Å². The number of nitrogens with one attached hydrogen (secondary N) is 1. The zero-order chi connectivity index (χ0) is 17.9. The third kappa shape index (κ3) is 3.28. The maximum absolute atomic E-state index is 13.9. The van der Waals surface area contributed by atoms with Gasteiger partial charge >= 0.3 is 5.97 Å². The quantitative estimate of drug-likeness (QED) is 0.835. The molecule has 0 aliphatic rings. The van der Waals surface area contributed by atoms with Crippen molar-refractivity contribution in [3.63, 3.8) is 0 Å². The zero-order valence-electron chi connectivity index (χ0n) is 13.5. The largest absolute Gasteiger partial charge is 0.479 e. The first-order chi connectivity index (χ1) is 11.3. The Bertz CT molecular complexity index is 774. The minimum atomic E-state index is -1.58. The van der Waals surface area contributed by atoms with Gasteiger partial charge < -0.3 is 15.2 Å². The van der Waals surface area contributed by atoms with E-state index in [4.69, 9.17) is 4.74 Å². The van der Waals surface area contributed by atoms with E-state index in [-0.39, 0.29) is 17.9 Å². The molecule has 1 aromatic carbocycles. The molecule has 0 saturated heterocycles.